The molecule has 1 aliphatic heterocycles. The molecule has 1 heterocycles. The summed E-state index contributed by atoms with van der Waals surface area (Å²) in [5.74, 6) is 0.885. The number of nitrogens with zero attached hydrogens (tertiary/aromatic N) is 2. The van der Waals surface area contributed by atoms with E-state index in [1.54, 1.807) is 0 Å². The predicted molar refractivity (Wildman–Crippen MR) is 78.0 cm³/mol. The molecule has 0 bridgehead atoms. The molecule has 106 valence electrons. The molecular formula is C15H31N3. The minimum Gasteiger partial charge on any atom is -0.314 e. The van der Waals surface area contributed by atoms with Gasteiger partial charge in [0.15, 0.2) is 0 Å². The minimum atomic E-state index is 0.723. The van der Waals surface area contributed by atoms with Gasteiger partial charge in [-0.2, -0.15) is 0 Å². The zero-order valence-electron chi connectivity index (χ0n) is 12.5. The fourth-order valence-electron chi connectivity index (χ4n) is 3.78. The molecule has 1 aliphatic carbocycles. The summed E-state index contributed by atoms with van der Waals surface area (Å²) in [6.07, 6.45) is 5.57. The van der Waals surface area contributed by atoms with Crippen LogP contribution in [-0.4, -0.2) is 61.7 Å². The average molecular weight is 253 g/mol. The number of rotatable bonds is 4. The highest BCUT2D eigenvalue weighted by atomic mass is 15.2. The molecule has 1 N–H and O–H groups in total. The molecule has 0 aromatic rings. The minimum absolute atomic E-state index is 0.723. The molecule has 0 spiro atoms. The first-order valence-electron chi connectivity index (χ1n) is 7.86. The summed E-state index contributed by atoms with van der Waals surface area (Å²) in [4.78, 5) is 5.23. The third-order valence-electron chi connectivity index (χ3n) is 4.78. The smallest absolute Gasteiger partial charge is 0.0194 e. The lowest BCUT2D eigenvalue weighted by atomic mass is 10.0. The van der Waals surface area contributed by atoms with Crippen molar-refractivity contribution in [2.24, 2.45) is 5.92 Å². The van der Waals surface area contributed by atoms with Crippen molar-refractivity contribution in [3.63, 3.8) is 0 Å². The molecule has 0 radical (unpaired) electrons. The molecule has 3 nitrogen and oxygen atoms in total. The molecule has 1 saturated carbocycles. The van der Waals surface area contributed by atoms with Crippen molar-refractivity contribution in [2.75, 3.05) is 39.8 Å². The second-order valence-electron chi connectivity index (χ2n) is 6.31. The van der Waals surface area contributed by atoms with Crippen LogP contribution in [0.25, 0.3) is 0 Å². The van der Waals surface area contributed by atoms with E-state index in [9.17, 15) is 0 Å². The van der Waals surface area contributed by atoms with Gasteiger partial charge in [-0.3, -0.25) is 4.90 Å². The molecule has 0 amide bonds. The van der Waals surface area contributed by atoms with Gasteiger partial charge in [-0.25, -0.2) is 0 Å². The van der Waals surface area contributed by atoms with Crippen molar-refractivity contribution in [3.05, 3.63) is 0 Å². The Morgan fingerprint density at radius 2 is 2.00 bits per heavy atom. The molecule has 1 saturated heterocycles. The topological polar surface area (TPSA) is 18.5 Å². The third-order valence-corrected chi connectivity index (χ3v) is 4.78. The summed E-state index contributed by atoms with van der Waals surface area (Å²) < 4.78 is 0. The maximum Gasteiger partial charge on any atom is 0.0194 e. The Hall–Kier alpha value is -0.120. The maximum absolute atomic E-state index is 3.69. The van der Waals surface area contributed by atoms with E-state index in [0.717, 1.165) is 24.5 Å². The van der Waals surface area contributed by atoms with E-state index in [-0.39, 0.29) is 0 Å². The van der Waals surface area contributed by atoms with Crippen LogP contribution in [0.4, 0.5) is 0 Å². The largest absolute Gasteiger partial charge is 0.314 e. The van der Waals surface area contributed by atoms with Gasteiger partial charge in [0.2, 0.25) is 0 Å². The van der Waals surface area contributed by atoms with E-state index < -0.39 is 0 Å². The van der Waals surface area contributed by atoms with Crippen molar-refractivity contribution in [1.29, 1.82) is 0 Å². The van der Waals surface area contributed by atoms with Crippen LogP contribution >= 0.6 is 0 Å². The summed E-state index contributed by atoms with van der Waals surface area (Å²) in [5, 5.41) is 3.69. The number of hydrogen-bond donors (Lipinski definition) is 1. The van der Waals surface area contributed by atoms with Crippen molar-refractivity contribution in [1.82, 2.24) is 15.1 Å². The van der Waals surface area contributed by atoms with Gasteiger partial charge >= 0.3 is 0 Å². The molecule has 2 aliphatic rings. The number of likely N-dealkylation sites (N-methyl/N-ethyl adjacent to an activating group) is 1. The number of nitrogens with one attached hydrogen (secondary N) is 1. The average Bonchev–Trinajstić information content (AvgIpc) is 2.68. The second-order valence-corrected chi connectivity index (χ2v) is 6.31. The van der Waals surface area contributed by atoms with Crippen LogP contribution in [-0.2, 0) is 0 Å². The van der Waals surface area contributed by atoms with Crippen LogP contribution in [0.3, 0.4) is 0 Å². The summed E-state index contributed by atoms with van der Waals surface area (Å²) in [6.45, 7) is 10.9. The van der Waals surface area contributed by atoms with E-state index in [0.29, 0.717) is 0 Å². The van der Waals surface area contributed by atoms with Crippen molar-refractivity contribution < 1.29 is 0 Å². The lowest BCUT2D eigenvalue weighted by Crippen LogP contribution is -2.44. The molecule has 0 aromatic carbocycles. The SMILES string of the molecule is CCNC1CCCC1CN1CCCN(C)CC1C. The van der Waals surface area contributed by atoms with Crippen LogP contribution in [0.2, 0.25) is 0 Å². The molecule has 2 fully saturated rings. The van der Waals surface area contributed by atoms with Gasteiger partial charge in [0.05, 0.1) is 0 Å². The summed E-state index contributed by atoms with van der Waals surface area (Å²) >= 11 is 0. The highest BCUT2D eigenvalue weighted by Crippen LogP contribution is 2.27. The predicted octanol–water partition coefficient (Wildman–Crippen LogP) is 1.79. The van der Waals surface area contributed by atoms with Gasteiger partial charge < -0.3 is 10.2 Å². The van der Waals surface area contributed by atoms with Crippen molar-refractivity contribution >= 4 is 0 Å². The Morgan fingerprint density at radius 1 is 1.17 bits per heavy atom. The van der Waals surface area contributed by atoms with E-state index in [2.05, 4.69) is 36.0 Å². The van der Waals surface area contributed by atoms with Crippen LogP contribution < -0.4 is 5.32 Å². The van der Waals surface area contributed by atoms with Gasteiger partial charge in [-0.15, -0.1) is 0 Å². The van der Waals surface area contributed by atoms with E-state index in [1.807, 2.05) is 0 Å². The lowest BCUT2D eigenvalue weighted by molar-refractivity contribution is 0.164. The maximum atomic E-state index is 3.69. The Balaban J connectivity index is 1.87. The first kappa shape index (κ1) is 14.3. The molecule has 18 heavy (non-hydrogen) atoms. The molecule has 0 aromatic heterocycles. The van der Waals surface area contributed by atoms with Gasteiger partial charge in [0.1, 0.15) is 0 Å². The molecule has 3 heteroatoms. The molecular weight excluding hydrogens is 222 g/mol. The van der Waals surface area contributed by atoms with E-state index in [4.69, 9.17) is 0 Å². The van der Waals surface area contributed by atoms with Gasteiger partial charge in [0.25, 0.3) is 0 Å². The molecule has 2 rings (SSSR count). The third kappa shape index (κ3) is 3.69. The first-order chi connectivity index (χ1) is 8.70. The van der Waals surface area contributed by atoms with E-state index in [1.165, 1.54) is 51.9 Å². The second kappa shape index (κ2) is 6.88. The van der Waals surface area contributed by atoms with Crippen molar-refractivity contribution in [2.45, 2.75) is 51.6 Å². The quantitative estimate of drug-likeness (QED) is 0.824. The van der Waals surface area contributed by atoms with Gasteiger partial charge in [0, 0.05) is 25.2 Å². The molecule has 3 atom stereocenters. The zero-order valence-corrected chi connectivity index (χ0v) is 12.5. The van der Waals surface area contributed by atoms with E-state index >= 15 is 0 Å². The van der Waals surface area contributed by atoms with Crippen LogP contribution in [0.5, 0.6) is 0 Å². The zero-order chi connectivity index (χ0) is 13.0. The number of hydrogen-bond acceptors (Lipinski definition) is 3. The van der Waals surface area contributed by atoms with Gasteiger partial charge in [-0.1, -0.05) is 13.3 Å². The Morgan fingerprint density at radius 3 is 2.78 bits per heavy atom. The standard InChI is InChI=1S/C15H31N3/c1-4-16-15-8-5-7-14(15)12-18-10-6-9-17(3)11-13(18)2/h13-16H,4-12H2,1-3H3. The highest BCUT2D eigenvalue weighted by Gasteiger charge is 2.30. The fourth-order valence-corrected chi connectivity index (χ4v) is 3.78. The fraction of sp³-hybridized carbons (Fsp3) is 1.00. The van der Waals surface area contributed by atoms with Crippen molar-refractivity contribution in [3.8, 4) is 0 Å². The Kier molecular flexibility index (Phi) is 5.46. The Bertz CT molecular complexity index is 244. The van der Waals surface area contributed by atoms with Crippen LogP contribution in [0, 0.1) is 5.92 Å². The highest BCUT2D eigenvalue weighted by molar-refractivity contribution is 4.87. The summed E-state index contributed by atoms with van der Waals surface area (Å²) in [7, 11) is 2.26. The van der Waals surface area contributed by atoms with Gasteiger partial charge in [-0.05, 0) is 58.8 Å². The summed E-state index contributed by atoms with van der Waals surface area (Å²) in [5.41, 5.74) is 0. The monoisotopic (exact) mass is 253 g/mol. The Labute approximate surface area is 113 Å². The lowest BCUT2D eigenvalue weighted by Gasteiger charge is -2.32. The van der Waals surface area contributed by atoms with Crippen LogP contribution in [0.1, 0.15) is 39.5 Å². The van der Waals surface area contributed by atoms with Crippen LogP contribution in [0.15, 0.2) is 0 Å². The normalized spacial score (nSPS) is 35.8. The first-order valence-corrected chi connectivity index (χ1v) is 7.86. The summed E-state index contributed by atoms with van der Waals surface area (Å²) in [6, 6.07) is 1.50. The molecule has 3 unspecified atom stereocenters.